The summed E-state index contributed by atoms with van der Waals surface area (Å²) in [6.07, 6.45) is -1.39. The van der Waals surface area contributed by atoms with E-state index in [1.54, 1.807) is 0 Å². The van der Waals surface area contributed by atoms with Crippen molar-refractivity contribution in [2.75, 3.05) is 6.61 Å². The van der Waals surface area contributed by atoms with Gasteiger partial charge in [-0.1, -0.05) is 78.4 Å². The van der Waals surface area contributed by atoms with E-state index < -0.39 is 30.4 Å². The molecule has 4 rings (SSSR count). The first-order chi connectivity index (χ1) is 16.4. The molecular weight excluding hydrogens is 432 g/mol. The van der Waals surface area contributed by atoms with Crippen molar-refractivity contribution in [3.63, 3.8) is 0 Å². The average molecular weight is 459 g/mol. The van der Waals surface area contributed by atoms with Gasteiger partial charge in [-0.2, -0.15) is 0 Å². The number of ether oxygens (including phenoxy) is 1. The van der Waals surface area contributed by atoms with Crippen LogP contribution in [-0.4, -0.2) is 35.7 Å². The number of carbonyl (C=O) groups excluding carboxylic acids is 2. The Labute approximate surface area is 197 Å². The molecule has 0 bridgehead atoms. The van der Waals surface area contributed by atoms with Crippen molar-refractivity contribution in [2.24, 2.45) is 0 Å². The predicted molar refractivity (Wildman–Crippen MR) is 127 cm³/mol. The molecule has 0 fully saturated rings. The van der Waals surface area contributed by atoms with Crippen molar-refractivity contribution in [3.8, 4) is 11.1 Å². The summed E-state index contributed by atoms with van der Waals surface area (Å²) >= 11 is 0. The molecule has 0 aliphatic heterocycles. The highest BCUT2D eigenvalue weighted by molar-refractivity contribution is 5.89. The van der Waals surface area contributed by atoms with Crippen molar-refractivity contribution in [1.29, 1.82) is 0 Å². The van der Waals surface area contributed by atoms with E-state index in [0.29, 0.717) is 0 Å². The Balaban J connectivity index is 1.38. The molecular formula is C27H26N2O5. The van der Waals surface area contributed by atoms with Gasteiger partial charge >= 0.3 is 12.1 Å². The average Bonchev–Trinajstić information content (AvgIpc) is 3.15. The Morgan fingerprint density at radius 3 is 2.09 bits per heavy atom. The van der Waals surface area contributed by atoms with E-state index in [4.69, 9.17) is 4.74 Å². The van der Waals surface area contributed by atoms with E-state index in [9.17, 15) is 19.5 Å². The topological polar surface area (TPSA) is 105 Å². The molecule has 0 saturated heterocycles. The number of nitrogens with one attached hydrogen (secondary N) is 2. The van der Waals surface area contributed by atoms with Gasteiger partial charge in [0.25, 0.3) is 0 Å². The highest BCUT2D eigenvalue weighted by Gasteiger charge is 2.30. The molecule has 0 heterocycles. The SMILES string of the molecule is Cc1ccc(CNC(=O)C(CC(=O)O)NC(=O)OCC2c3ccccc3-c3ccccc32)cc1. The monoisotopic (exact) mass is 458 g/mol. The summed E-state index contributed by atoms with van der Waals surface area (Å²) < 4.78 is 5.45. The number of carboxylic acid groups (broad SMARTS) is 1. The lowest BCUT2D eigenvalue weighted by molar-refractivity contribution is -0.139. The number of rotatable bonds is 8. The predicted octanol–water partition coefficient (Wildman–Crippen LogP) is 3.99. The normalized spacial score (nSPS) is 12.9. The molecule has 0 aromatic heterocycles. The highest BCUT2D eigenvalue weighted by atomic mass is 16.5. The van der Waals surface area contributed by atoms with Crippen LogP contribution < -0.4 is 10.6 Å². The number of carboxylic acids is 1. The summed E-state index contributed by atoms with van der Waals surface area (Å²) in [5, 5.41) is 14.3. The van der Waals surface area contributed by atoms with Gasteiger partial charge in [-0.15, -0.1) is 0 Å². The number of carbonyl (C=O) groups is 3. The molecule has 3 N–H and O–H groups in total. The van der Waals surface area contributed by atoms with Crippen LogP contribution in [-0.2, 0) is 20.9 Å². The molecule has 1 aliphatic carbocycles. The lowest BCUT2D eigenvalue weighted by atomic mass is 9.98. The van der Waals surface area contributed by atoms with E-state index in [0.717, 1.165) is 33.4 Å². The number of fused-ring (bicyclic) bond motifs is 3. The van der Waals surface area contributed by atoms with Gasteiger partial charge in [0.05, 0.1) is 6.42 Å². The molecule has 0 saturated carbocycles. The van der Waals surface area contributed by atoms with E-state index in [2.05, 4.69) is 10.6 Å². The first kappa shape index (κ1) is 23.0. The fourth-order valence-electron chi connectivity index (χ4n) is 4.18. The lowest BCUT2D eigenvalue weighted by Gasteiger charge is -2.19. The molecule has 0 radical (unpaired) electrons. The number of hydrogen-bond donors (Lipinski definition) is 3. The molecule has 3 aromatic rings. The lowest BCUT2D eigenvalue weighted by Crippen LogP contribution is -2.48. The summed E-state index contributed by atoms with van der Waals surface area (Å²) in [5.74, 6) is -1.92. The molecule has 1 unspecified atom stereocenters. The Morgan fingerprint density at radius 1 is 0.912 bits per heavy atom. The van der Waals surface area contributed by atoms with E-state index in [-0.39, 0.29) is 19.1 Å². The van der Waals surface area contributed by atoms with Crippen LogP contribution >= 0.6 is 0 Å². The minimum atomic E-state index is -1.25. The first-order valence-corrected chi connectivity index (χ1v) is 11.1. The summed E-state index contributed by atoms with van der Waals surface area (Å²) in [5.41, 5.74) is 6.30. The van der Waals surface area contributed by atoms with Gasteiger partial charge in [0.15, 0.2) is 0 Å². The molecule has 1 aliphatic rings. The van der Waals surface area contributed by atoms with E-state index >= 15 is 0 Å². The number of alkyl carbamates (subject to hydrolysis) is 1. The van der Waals surface area contributed by atoms with Crippen LogP contribution in [0.1, 0.15) is 34.6 Å². The molecule has 0 spiro atoms. The van der Waals surface area contributed by atoms with Crippen LogP contribution in [0.2, 0.25) is 0 Å². The third kappa shape index (κ3) is 5.26. The molecule has 34 heavy (non-hydrogen) atoms. The van der Waals surface area contributed by atoms with E-state index in [1.807, 2.05) is 79.7 Å². The van der Waals surface area contributed by atoms with Gasteiger partial charge in [-0.05, 0) is 34.7 Å². The fraction of sp³-hybridized carbons (Fsp3) is 0.222. The number of aryl methyl sites for hydroxylation is 1. The van der Waals surface area contributed by atoms with Gasteiger partial charge in [-0.25, -0.2) is 4.79 Å². The van der Waals surface area contributed by atoms with Crippen molar-refractivity contribution in [3.05, 3.63) is 95.1 Å². The Hall–Kier alpha value is -4.13. The number of amides is 2. The summed E-state index contributed by atoms with van der Waals surface area (Å²) in [4.78, 5) is 36.4. The standard InChI is InChI=1S/C27H26N2O5/c1-17-10-12-18(13-11-17)15-28-26(32)24(14-25(30)31)29-27(33)34-16-23-21-8-4-2-6-19(21)20-7-3-5-9-22(20)23/h2-13,23-24H,14-16H2,1H3,(H,28,32)(H,29,33)(H,30,31). The molecule has 1 atom stereocenters. The van der Waals surface area contributed by atoms with E-state index in [1.165, 1.54) is 0 Å². The van der Waals surface area contributed by atoms with Gasteiger partial charge in [0.2, 0.25) is 5.91 Å². The zero-order chi connectivity index (χ0) is 24.1. The summed E-state index contributed by atoms with van der Waals surface area (Å²) in [6.45, 7) is 2.26. The third-order valence-electron chi connectivity index (χ3n) is 5.92. The maximum Gasteiger partial charge on any atom is 0.407 e. The quantitative estimate of drug-likeness (QED) is 0.473. The second-order valence-electron chi connectivity index (χ2n) is 8.32. The Bertz CT molecular complexity index is 1160. The molecule has 7 nitrogen and oxygen atoms in total. The van der Waals surface area contributed by atoms with Crippen LogP contribution in [0.25, 0.3) is 11.1 Å². The van der Waals surface area contributed by atoms with Crippen LogP contribution in [0.4, 0.5) is 4.79 Å². The summed E-state index contributed by atoms with van der Waals surface area (Å²) in [6, 6.07) is 22.3. The molecule has 7 heteroatoms. The minimum Gasteiger partial charge on any atom is -0.481 e. The maximum atomic E-state index is 12.6. The van der Waals surface area contributed by atoms with Crippen molar-refractivity contribution in [2.45, 2.75) is 31.8 Å². The zero-order valence-electron chi connectivity index (χ0n) is 18.8. The zero-order valence-corrected chi connectivity index (χ0v) is 18.8. The summed E-state index contributed by atoms with van der Waals surface area (Å²) in [7, 11) is 0. The Kier molecular flexibility index (Phi) is 6.92. The minimum absolute atomic E-state index is 0.0740. The van der Waals surface area contributed by atoms with Crippen LogP contribution in [0, 0.1) is 6.92 Å². The largest absolute Gasteiger partial charge is 0.481 e. The number of benzene rings is 3. The third-order valence-corrected chi connectivity index (χ3v) is 5.92. The first-order valence-electron chi connectivity index (χ1n) is 11.1. The Morgan fingerprint density at radius 2 is 1.50 bits per heavy atom. The van der Waals surface area contributed by atoms with Crippen LogP contribution in [0.3, 0.4) is 0 Å². The molecule has 2 amide bonds. The number of aliphatic carboxylic acids is 1. The van der Waals surface area contributed by atoms with Crippen molar-refractivity contribution >= 4 is 18.0 Å². The van der Waals surface area contributed by atoms with Crippen molar-refractivity contribution < 1.29 is 24.2 Å². The molecule has 174 valence electrons. The van der Waals surface area contributed by atoms with Crippen LogP contribution in [0.5, 0.6) is 0 Å². The van der Waals surface area contributed by atoms with Gasteiger partial charge in [0, 0.05) is 12.5 Å². The fourth-order valence-corrected chi connectivity index (χ4v) is 4.18. The second kappa shape index (κ2) is 10.2. The highest BCUT2D eigenvalue weighted by Crippen LogP contribution is 2.44. The molecule has 3 aromatic carbocycles. The van der Waals surface area contributed by atoms with Crippen LogP contribution in [0.15, 0.2) is 72.8 Å². The number of hydrogen-bond acceptors (Lipinski definition) is 4. The van der Waals surface area contributed by atoms with Crippen molar-refractivity contribution in [1.82, 2.24) is 10.6 Å². The van der Waals surface area contributed by atoms with Gasteiger partial charge in [0.1, 0.15) is 12.6 Å². The smallest absolute Gasteiger partial charge is 0.407 e. The second-order valence-corrected chi connectivity index (χ2v) is 8.32. The maximum absolute atomic E-state index is 12.6. The van der Waals surface area contributed by atoms with Gasteiger partial charge < -0.3 is 20.5 Å². The van der Waals surface area contributed by atoms with Gasteiger partial charge in [-0.3, -0.25) is 9.59 Å².